The summed E-state index contributed by atoms with van der Waals surface area (Å²) in [5.41, 5.74) is 0. The number of quaternary nitrogens is 1. The third-order valence-electron chi connectivity index (χ3n) is 2.58. The number of halogens is 1. The van der Waals surface area contributed by atoms with Gasteiger partial charge in [0.1, 0.15) is 6.04 Å². The van der Waals surface area contributed by atoms with Gasteiger partial charge in [0.2, 0.25) is 0 Å². The van der Waals surface area contributed by atoms with Gasteiger partial charge in [-0.15, -0.1) is 0 Å². The second-order valence-corrected chi connectivity index (χ2v) is 4.06. The molecule has 0 fully saturated rings. The van der Waals surface area contributed by atoms with Crippen LogP contribution in [-0.2, 0) is 0 Å². The minimum atomic E-state index is 0. The minimum absolute atomic E-state index is 0. The predicted octanol–water partition coefficient (Wildman–Crippen LogP) is -1.34. The molecule has 2 atom stereocenters. The SMILES string of the molecule is CC1C=CC(C)[N+](C)(C)C1.[Br-]. The largest absolute Gasteiger partial charge is 1.00 e. The van der Waals surface area contributed by atoms with Crippen LogP contribution in [0.1, 0.15) is 13.8 Å². The number of hydrogen-bond donors (Lipinski definition) is 0. The third kappa shape index (κ3) is 2.60. The fraction of sp³-hybridized carbons (Fsp3) is 0.778. The molecule has 0 amide bonds. The van der Waals surface area contributed by atoms with Gasteiger partial charge < -0.3 is 21.5 Å². The molecule has 11 heavy (non-hydrogen) atoms. The van der Waals surface area contributed by atoms with Crippen LogP contribution in [0, 0.1) is 5.92 Å². The first kappa shape index (κ1) is 11.2. The van der Waals surface area contributed by atoms with E-state index in [9.17, 15) is 0 Å². The van der Waals surface area contributed by atoms with Crippen molar-refractivity contribution in [1.82, 2.24) is 0 Å². The number of likely N-dealkylation sites (N-methyl/N-ethyl adjacent to an activating group) is 1. The van der Waals surface area contributed by atoms with E-state index in [1.165, 1.54) is 6.54 Å². The molecule has 0 spiro atoms. The van der Waals surface area contributed by atoms with E-state index in [-0.39, 0.29) is 17.0 Å². The molecule has 2 unspecified atom stereocenters. The zero-order valence-electron chi connectivity index (χ0n) is 7.84. The molecule has 0 radical (unpaired) electrons. The Bertz CT molecular complexity index is 152. The molecule has 0 aliphatic carbocycles. The highest BCUT2D eigenvalue weighted by molar-refractivity contribution is 4.94. The lowest BCUT2D eigenvalue weighted by Gasteiger charge is -2.39. The minimum Gasteiger partial charge on any atom is -1.00 e. The second kappa shape index (κ2) is 3.72. The fourth-order valence-electron chi connectivity index (χ4n) is 1.55. The van der Waals surface area contributed by atoms with Crippen molar-refractivity contribution in [2.24, 2.45) is 5.92 Å². The topological polar surface area (TPSA) is 0 Å². The number of rotatable bonds is 0. The van der Waals surface area contributed by atoms with E-state index in [1.54, 1.807) is 0 Å². The lowest BCUT2D eigenvalue weighted by atomic mass is 10.0. The Kier molecular flexibility index (Phi) is 3.78. The first-order valence-electron chi connectivity index (χ1n) is 4.03. The Morgan fingerprint density at radius 2 is 1.73 bits per heavy atom. The summed E-state index contributed by atoms with van der Waals surface area (Å²) in [4.78, 5) is 0. The molecular formula is C9H18BrN. The van der Waals surface area contributed by atoms with E-state index in [0.717, 1.165) is 10.4 Å². The van der Waals surface area contributed by atoms with Gasteiger partial charge in [-0.25, -0.2) is 0 Å². The monoisotopic (exact) mass is 219 g/mol. The second-order valence-electron chi connectivity index (χ2n) is 4.06. The van der Waals surface area contributed by atoms with Crippen LogP contribution in [0.3, 0.4) is 0 Å². The van der Waals surface area contributed by atoms with Gasteiger partial charge in [0.25, 0.3) is 0 Å². The first-order chi connectivity index (χ1) is 4.52. The van der Waals surface area contributed by atoms with Crippen LogP contribution in [0.4, 0.5) is 0 Å². The van der Waals surface area contributed by atoms with Gasteiger partial charge >= 0.3 is 0 Å². The molecule has 1 rings (SSSR count). The molecule has 0 aromatic heterocycles. The lowest BCUT2D eigenvalue weighted by Crippen LogP contribution is -3.00. The lowest BCUT2D eigenvalue weighted by molar-refractivity contribution is -0.910. The maximum absolute atomic E-state index is 2.33. The third-order valence-corrected chi connectivity index (χ3v) is 2.58. The summed E-state index contributed by atoms with van der Waals surface area (Å²) < 4.78 is 1.14. The zero-order valence-corrected chi connectivity index (χ0v) is 9.43. The first-order valence-corrected chi connectivity index (χ1v) is 4.03. The molecule has 0 N–H and O–H groups in total. The summed E-state index contributed by atoms with van der Waals surface area (Å²) in [6.07, 6.45) is 4.66. The zero-order chi connectivity index (χ0) is 7.78. The molecule has 0 saturated heterocycles. The van der Waals surface area contributed by atoms with E-state index in [4.69, 9.17) is 0 Å². The Morgan fingerprint density at radius 1 is 1.18 bits per heavy atom. The summed E-state index contributed by atoms with van der Waals surface area (Å²) in [5, 5.41) is 0. The van der Waals surface area contributed by atoms with Crippen LogP contribution >= 0.6 is 0 Å². The van der Waals surface area contributed by atoms with E-state index >= 15 is 0 Å². The van der Waals surface area contributed by atoms with Crippen molar-refractivity contribution in [3.05, 3.63) is 12.2 Å². The highest BCUT2D eigenvalue weighted by Gasteiger charge is 2.26. The molecule has 1 aliphatic rings. The Morgan fingerprint density at radius 3 is 2.09 bits per heavy atom. The molecule has 1 nitrogen and oxygen atoms in total. The van der Waals surface area contributed by atoms with Gasteiger partial charge in [0, 0.05) is 5.92 Å². The quantitative estimate of drug-likeness (QED) is 0.350. The van der Waals surface area contributed by atoms with Gasteiger partial charge in [0.05, 0.1) is 20.6 Å². The molecule has 0 saturated carbocycles. The molecule has 1 heterocycles. The van der Waals surface area contributed by atoms with E-state index in [0.29, 0.717) is 6.04 Å². The van der Waals surface area contributed by atoms with Gasteiger partial charge in [-0.3, -0.25) is 0 Å². The fourth-order valence-corrected chi connectivity index (χ4v) is 1.55. The average Bonchev–Trinajstić information content (AvgIpc) is 1.78. The summed E-state index contributed by atoms with van der Waals surface area (Å²) in [6.45, 7) is 5.84. The van der Waals surface area contributed by atoms with Crippen molar-refractivity contribution in [2.75, 3.05) is 20.6 Å². The van der Waals surface area contributed by atoms with Crippen LogP contribution < -0.4 is 17.0 Å². The summed E-state index contributed by atoms with van der Waals surface area (Å²) >= 11 is 0. The molecule has 2 heteroatoms. The van der Waals surface area contributed by atoms with E-state index in [1.807, 2.05) is 0 Å². The summed E-state index contributed by atoms with van der Waals surface area (Å²) in [7, 11) is 4.59. The standard InChI is InChI=1S/C9H18N.BrH/c1-8-5-6-9(2)10(3,4)7-8;/h5-6,8-9H,7H2,1-4H3;1H/q+1;/p-1. The van der Waals surface area contributed by atoms with Crippen LogP contribution in [0.2, 0.25) is 0 Å². The molecule has 0 aromatic carbocycles. The van der Waals surface area contributed by atoms with Crippen molar-refractivity contribution in [2.45, 2.75) is 19.9 Å². The molecule has 66 valence electrons. The molecule has 0 aromatic rings. The average molecular weight is 220 g/mol. The molecule has 0 bridgehead atoms. The maximum Gasteiger partial charge on any atom is 0.104 e. The molecule has 1 aliphatic heterocycles. The van der Waals surface area contributed by atoms with E-state index in [2.05, 4.69) is 40.1 Å². The van der Waals surface area contributed by atoms with Gasteiger partial charge in [-0.05, 0) is 13.0 Å². The summed E-state index contributed by atoms with van der Waals surface area (Å²) in [6, 6.07) is 0.691. The molecular weight excluding hydrogens is 202 g/mol. The number of hydrogen-bond acceptors (Lipinski definition) is 0. The van der Waals surface area contributed by atoms with Gasteiger partial charge in [0.15, 0.2) is 0 Å². The van der Waals surface area contributed by atoms with E-state index < -0.39 is 0 Å². The highest BCUT2D eigenvalue weighted by Crippen LogP contribution is 2.18. The van der Waals surface area contributed by atoms with Crippen LogP contribution in [-0.4, -0.2) is 31.2 Å². The Hall–Kier alpha value is 0.180. The van der Waals surface area contributed by atoms with Gasteiger partial charge in [-0.2, -0.15) is 0 Å². The van der Waals surface area contributed by atoms with Crippen molar-refractivity contribution in [1.29, 1.82) is 0 Å². The van der Waals surface area contributed by atoms with Crippen molar-refractivity contribution in [3.8, 4) is 0 Å². The normalized spacial score (nSPS) is 34.5. The summed E-state index contributed by atoms with van der Waals surface area (Å²) in [5.74, 6) is 0.756. The number of nitrogens with zero attached hydrogens (tertiary/aromatic N) is 1. The Balaban J connectivity index is 0.000001000. The maximum atomic E-state index is 2.33. The highest BCUT2D eigenvalue weighted by atomic mass is 79.9. The van der Waals surface area contributed by atoms with Crippen LogP contribution in [0.5, 0.6) is 0 Å². The van der Waals surface area contributed by atoms with Crippen LogP contribution in [0.25, 0.3) is 0 Å². The van der Waals surface area contributed by atoms with Crippen molar-refractivity contribution in [3.63, 3.8) is 0 Å². The van der Waals surface area contributed by atoms with Gasteiger partial charge in [-0.1, -0.05) is 13.0 Å². The smallest absolute Gasteiger partial charge is 0.104 e. The van der Waals surface area contributed by atoms with Crippen molar-refractivity contribution >= 4 is 0 Å². The van der Waals surface area contributed by atoms with Crippen molar-refractivity contribution < 1.29 is 21.5 Å². The van der Waals surface area contributed by atoms with Crippen LogP contribution in [0.15, 0.2) is 12.2 Å². The Labute approximate surface area is 80.4 Å². The predicted molar refractivity (Wildman–Crippen MR) is 44.7 cm³/mol.